The van der Waals surface area contributed by atoms with Gasteiger partial charge in [-0.2, -0.15) is 10.2 Å². The Bertz CT molecular complexity index is 873. The van der Waals surface area contributed by atoms with Crippen LogP contribution in [-0.2, 0) is 11.3 Å². The maximum atomic E-state index is 11.5. The summed E-state index contributed by atoms with van der Waals surface area (Å²) < 4.78 is 1.54. The molecule has 3 amide bonds. The number of halogens is 3. The highest BCUT2D eigenvalue weighted by atomic mass is 35.5. The van der Waals surface area contributed by atoms with E-state index in [4.69, 9.17) is 34.8 Å². The molecule has 0 atom stereocenters. The zero-order chi connectivity index (χ0) is 18.1. The molecule has 3 rings (SSSR count). The number of hydrogen-bond donors (Lipinski definition) is 1. The molecule has 0 unspecified atom stereocenters. The van der Waals surface area contributed by atoms with E-state index in [-0.39, 0.29) is 13.1 Å². The van der Waals surface area contributed by atoms with E-state index in [1.54, 1.807) is 29.8 Å². The number of aryl methyl sites for hydroxylation is 1. The molecule has 1 aromatic heterocycles. The number of rotatable bonds is 4. The maximum Gasteiger partial charge on any atom is 0.344 e. The second-order valence-electron chi connectivity index (χ2n) is 5.30. The van der Waals surface area contributed by atoms with E-state index in [1.807, 2.05) is 0 Å². The monoisotopic (exact) mass is 399 g/mol. The number of hydrogen-bond acceptors (Lipinski definition) is 4. The summed E-state index contributed by atoms with van der Waals surface area (Å²) in [6.45, 7) is 1.91. The van der Waals surface area contributed by atoms with Crippen LogP contribution in [0.3, 0.4) is 0 Å². The summed E-state index contributed by atoms with van der Waals surface area (Å²) in [5, 5.41) is 12.8. The molecule has 1 aliphatic rings. The van der Waals surface area contributed by atoms with Crippen LogP contribution in [0.1, 0.15) is 16.8 Å². The molecule has 25 heavy (non-hydrogen) atoms. The molecule has 1 aliphatic heterocycles. The standard InChI is InChI=1S/C15H12Cl3N5O2/c1-8-9(5-19-23-7-13(24)20-15(23)25)14(18)22(21-8)6-10-11(16)3-2-4-12(10)17/h2-5H,6-7H2,1H3,(H,20,24,25)/b19-5+. The van der Waals surface area contributed by atoms with Crippen LogP contribution in [0.4, 0.5) is 4.79 Å². The van der Waals surface area contributed by atoms with Crippen LogP contribution in [-0.4, -0.2) is 39.5 Å². The Hall–Kier alpha value is -2.09. The Balaban J connectivity index is 1.86. The lowest BCUT2D eigenvalue weighted by atomic mass is 10.2. The number of carbonyl (C=O) groups excluding carboxylic acids is 2. The predicted molar refractivity (Wildman–Crippen MR) is 95.4 cm³/mol. The molecular formula is C15H12Cl3N5O2. The van der Waals surface area contributed by atoms with Crippen LogP contribution < -0.4 is 5.32 Å². The van der Waals surface area contributed by atoms with Crippen LogP contribution in [0, 0.1) is 6.92 Å². The molecule has 1 saturated heterocycles. The van der Waals surface area contributed by atoms with Crippen LogP contribution in [0.2, 0.25) is 15.2 Å². The smallest absolute Gasteiger partial charge is 0.275 e. The topological polar surface area (TPSA) is 79.6 Å². The molecular weight excluding hydrogens is 389 g/mol. The van der Waals surface area contributed by atoms with Crippen molar-refractivity contribution in [3.05, 3.63) is 50.2 Å². The van der Waals surface area contributed by atoms with E-state index in [9.17, 15) is 9.59 Å². The Morgan fingerprint density at radius 1 is 1.28 bits per heavy atom. The molecule has 1 fully saturated rings. The Kier molecular flexibility index (Phi) is 4.99. The largest absolute Gasteiger partial charge is 0.344 e. The molecule has 1 N–H and O–H groups in total. The summed E-state index contributed by atoms with van der Waals surface area (Å²) in [5.41, 5.74) is 1.85. The minimum absolute atomic E-state index is 0.130. The molecule has 7 nitrogen and oxygen atoms in total. The lowest BCUT2D eigenvalue weighted by Crippen LogP contribution is -2.24. The zero-order valence-electron chi connectivity index (χ0n) is 13.0. The van der Waals surface area contributed by atoms with Gasteiger partial charge in [-0.25, -0.2) is 14.5 Å². The number of carbonyl (C=O) groups is 2. The van der Waals surface area contributed by atoms with Gasteiger partial charge in [0.25, 0.3) is 0 Å². The highest BCUT2D eigenvalue weighted by molar-refractivity contribution is 6.36. The average molecular weight is 401 g/mol. The molecule has 2 aromatic rings. The van der Waals surface area contributed by atoms with E-state index in [2.05, 4.69) is 15.5 Å². The first-order valence-corrected chi connectivity index (χ1v) is 8.31. The number of amides is 3. The van der Waals surface area contributed by atoms with E-state index in [1.165, 1.54) is 6.21 Å². The molecule has 0 bridgehead atoms. The second kappa shape index (κ2) is 7.03. The fourth-order valence-corrected chi connectivity index (χ4v) is 3.10. The van der Waals surface area contributed by atoms with Crippen molar-refractivity contribution < 1.29 is 9.59 Å². The van der Waals surface area contributed by atoms with Crippen LogP contribution >= 0.6 is 34.8 Å². The van der Waals surface area contributed by atoms with Crippen molar-refractivity contribution in [1.82, 2.24) is 20.1 Å². The molecule has 2 heterocycles. The van der Waals surface area contributed by atoms with Gasteiger partial charge in [0.1, 0.15) is 11.7 Å². The molecule has 0 spiro atoms. The third-order valence-corrected chi connectivity index (χ3v) is 4.69. The summed E-state index contributed by atoms with van der Waals surface area (Å²) in [6.07, 6.45) is 1.40. The van der Waals surface area contributed by atoms with Crippen molar-refractivity contribution in [3.8, 4) is 0 Å². The molecule has 130 valence electrons. The highest BCUT2D eigenvalue weighted by Crippen LogP contribution is 2.27. The highest BCUT2D eigenvalue weighted by Gasteiger charge is 2.26. The number of nitrogens with zero attached hydrogens (tertiary/aromatic N) is 4. The number of urea groups is 1. The van der Waals surface area contributed by atoms with Crippen molar-refractivity contribution >= 4 is 53.0 Å². The summed E-state index contributed by atoms with van der Waals surface area (Å²) >= 11 is 18.7. The van der Waals surface area contributed by atoms with Crippen molar-refractivity contribution in [3.63, 3.8) is 0 Å². The van der Waals surface area contributed by atoms with Gasteiger partial charge in [0.05, 0.1) is 24.0 Å². The second-order valence-corrected chi connectivity index (χ2v) is 6.48. The summed E-state index contributed by atoms with van der Waals surface area (Å²) in [5.74, 6) is -0.408. The van der Waals surface area contributed by atoms with Crippen molar-refractivity contribution in [1.29, 1.82) is 0 Å². The van der Waals surface area contributed by atoms with Crippen molar-refractivity contribution in [2.45, 2.75) is 13.5 Å². The summed E-state index contributed by atoms with van der Waals surface area (Å²) in [7, 11) is 0. The minimum atomic E-state index is -0.578. The lowest BCUT2D eigenvalue weighted by Gasteiger charge is -2.08. The number of nitrogens with one attached hydrogen (secondary N) is 1. The Morgan fingerprint density at radius 3 is 2.56 bits per heavy atom. The maximum absolute atomic E-state index is 11.5. The van der Waals surface area contributed by atoms with E-state index in [0.717, 1.165) is 5.01 Å². The van der Waals surface area contributed by atoms with E-state index < -0.39 is 11.9 Å². The Morgan fingerprint density at radius 2 is 1.96 bits per heavy atom. The molecule has 0 saturated carbocycles. The number of benzene rings is 1. The first-order valence-electron chi connectivity index (χ1n) is 7.18. The molecule has 10 heteroatoms. The van der Waals surface area contributed by atoms with Gasteiger partial charge in [0.2, 0.25) is 5.91 Å². The minimum Gasteiger partial charge on any atom is -0.275 e. The van der Waals surface area contributed by atoms with Gasteiger partial charge in [-0.05, 0) is 19.1 Å². The van der Waals surface area contributed by atoms with Gasteiger partial charge < -0.3 is 0 Å². The molecule has 1 aromatic carbocycles. The summed E-state index contributed by atoms with van der Waals surface area (Å²) in [4.78, 5) is 22.7. The number of imide groups is 1. The summed E-state index contributed by atoms with van der Waals surface area (Å²) in [6, 6.07) is 4.65. The molecule has 0 radical (unpaired) electrons. The zero-order valence-corrected chi connectivity index (χ0v) is 15.2. The first kappa shape index (κ1) is 17.7. The van der Waals surface area contributed by atoms with Gasteiger partial charge in [0, 0.05) is 15.6 Å². The van der Waals surface area contributed by atoms with E-state index >= 15 is 0 Å². The molecule has 0 aliphatic carbocycles. The normalized spacial score (nSPS) is 14.6. The fourth-order valence-electron chi connectivity index (χ4n) is 2.30. The fraction of sp³-hybridized carbons (Fsp3) is 0.200. The van der Waals surface area contributed by atoms with E-state index in [0.29, 0.717) is 32.0 Å². The van der Waals surface area contributed by atoms with Crippen LogP contribution in [0.25, 0.3) is 0 Å². The van der Waals surface area contributed by atoms with Gasteiger partial charge in [-0.3, -0.25) is 10.1 Å². The van der Waals surface area contributed by atoms with Crippen LogP contribution in [0.15, 0.2) is 23.3 Å². The van der Waals surface area contributed by atoms with Gasteiger partial charge >= 0.3 is 6.03 Å². The Labute approximate surface area is 158 Å². The quantitative estimate of drug-likeness (QED) is 0.632. The van der Waals surface area contributed by atoms with Crippen LogP contribution in [0.5, 0.6) is 0 Å². The number of hydrazone groups is 1. The van der Waals surface area contributed by atoms with Gasteiger partial charge in [-0.15, -0.1) is 0 Å². The van der Waals surface area contributed by atoms with Gasteiger partial charge in [-0.1, -0.05) is 40.9 Å². The first-order chi connectivity index (χ1) is 11.9. The van der Waals surface area contributed by atoms with Crippen molar-refractivity contribution in [2.75, 3.05) is 6.54 Å². The third kappa shape index (κ3) is 3.63. The van der Waals surface area contributed by atoms with Crippen molar-refractivity contribution in [2.24, 2.45) is 5.10 Å². The van der Waals surface area contributed by atoms with Gasteiger partial charge in [0.15, 0.2) is 0 Å². The number of aromatic nitrogens is 2. The third-order valence-electron chi connectivity index (χ3n) is 3.58. The average Bonchev–Trinajstić information content (AvgIpc) is 3.00. The predicted octanol–water partition coefficient (Wildman–Crippen LogP) is 3.09. The lowest BCUT2D eigenvalue weighted by molar-refractivity contribution is -0.118. The SMILES string of the molecule is Cc1nn(Cc2c(Cl)cccc2Cl)c(Cl)c1/C=N/N1CC(=O)NC1=O.